The molecule has 6 heterocycles. The molecule has 0 aliphatic carbocycles. The van der Waals surface area contributed by atoms with Crippen molar-refractivity contribution in [3.8, 4) is 23.1 Å². The fourth-order valence-corrected chi connectivity index (χ4v) is 9.17. The van der Waals surface area contributed by atoms with Gasteiger partial charge in [-0.3, -0.25) is 0 Å². The van der Waals surface area contributed by atoms with Gasteiger partial charge in [-0.15, -0.1) is 46.4 Å². The Morgan fingerprint density at radius 3 is 2.06 bits per heavy atom. The van der Waals surface area contributed by atoms with Crippen LogP contribution >= 0.6 is 11.3 Å². The molecule has 50 heavy (non-hydrogen) atoms. The number of rotatable bonds is 3. The second kappa shape index (κ2) is 10.6. The number of nitrogens with zero attached hydrogens (tertiary/aromatic N) is 4. The number of thiophene rings is 1. The minimum atomic E-state index is -0.176. The molecule has 10 aromatic rings. The van der Waals surface area contributed by atoms with Gasteiger partial charge in [0, 0.05) is 60.6 Å². The molecule has 5 aromatic heterocycles. The number of hydrogen-bond acceptors (Lipinski definition) is 4. The van der Waals surface area contributed by atoms with E-state index in [1.54, 1.807) is 0 Å². The van der Waals surface area contributed by atoms with Crippen LogP contribution in [0.5, 0.6) is 11.5 Å². The number of ether oxygens (including phenoxy) is 1. The third-order valence-corrected chi connectivity index (χ3v) is 11.4. The molecule has 0 N–H and O–H groups in total. The van der Waals surface area contributed by atoms with Gasteiger partial charge in [-0.25, -0.2) is 9.97 Å². The number of fused-ring (bicyclic) bond motifs is 12. The maximum absolute atomic E-state index is 6.62. The number of pyridine rings is 2. The zero-order chi connectivity index (χ0) is 32.4. The van der Waals surface area contributed by atoms with Crippen LogP contribution in [0.3, 0.4) is 0 Å². The SMILES string of the molecule is CC1(C)c2cccnc2-n2c3[c-]c(Oc4[c-]c5c(cc4)c4ccc6sc7ccccc7c6c4n5-c4ccccn4)ccc3c3cccc1c32.[Pt+2]. The predicted molar refractivity (Wildman–Crippen MR) is 200 cm³/mol. The van der Waals surface area contributed by atoms with Crippen LogP contribution in [0.1, 0.15) is 25.0 Å². The quantitative estimate of drug-likeness (QED) is 0.167. The van der Waals surface area contributed by atoms with Crippen LogP contribution in [-0.4, -0.2) is 19.1 Å². The summed E-state index contributed by atoms with van der Waals surface area (Å²) < 4.78 is 13.6. The molecule has 0 bridgehead atoms. The van der Waals surface area contributed by atoms with E-state index >= 15 is 0 Å². The maximum atomic E-state index is 6.62. The van der Waals surface area contributed by atoms with E-state index in [0.717, 1.165) is 44.3 Å². The van der Waals surface area contributed by atoms with Gasteiger partial charge in [-0.2, -0.15) is 12.1 Å². The Bertz CT molecular complexity index is 3010. The molecule has 0 radical (unpaired) electrons. The third-order valence-electron chi connectivity index (χ3n) is 10.3. The van der Waals surface area contributed by atoms with E-state index in [4.69, 9.17) is 14.7 Å². The smallest absolute Gasteiger partial charge is 0.509 e. The number of benzene rings is 5. The molecule has 11 rings (SSSR count). The molecular formula is C43H26N4OPtS. The second-order valence-corrected chi connectivity index (χ2v) is 14.3. The van der Waals surface area contributed by atoms with Crippen LogP contribution in [0.2, 0.25) is 0 Å². The van der Waals surface area contributed by atoms with E-state index < -0.39 is 0 Å². The normalized spacial score (nSPS) is 13.4. The van der Waals surface area contributed by atoms with Crippen molar-refractivity contribution in [2.24, 2.45) is 0 Å². The summed E-state index contributed by atoms with van der Waals surface area (Å²) in [6.07, 6.45) is 3.72. The molecule has 5 aromatic carbocycles. The van der Waals surface area contributed by atoms with Crippen molar-refractivity contribution in [3.63, 3.8) is 0 Å². The first kappa shape index (κ1) is 29.6. The monoisotopic (exact) mass is 841 g/mol. The van der Waals surface area contributed by atoms with Crippen molar-refractivity contribution >= 4 is 75.1 Å². The van der Waals surface area contributed by atoms with E-state index in [2.05, 4.69) is 114 Å². The molecule has 0 unspecified atom stereocenters. The van der Waals surface area contributed by atoms with Crippen molar-refractivity contribution in [2.75, 3.05) is 0 Å². The summed E-state index contributed by atoms with van der Waals surface area (Å²) >= 11 is 1.82. The third kappa shape index (κ3) is 3.92. The molecule has 0 amide bonds. The van der Waals surface area contributed by atoms with Crippen LogP contribution in [0, 0.1) is 12.1 Å². The minimum absolute atomic E-state index is 0. The molecule has 1 aliphatic heterocycles. The van der Waals surface area contributed by atoms with Gasteiger partial charge in [-0.1, -0.05) is 79.5 Å². The molecule has 0 atom stereocenters. The Hall–Kier alpha value is -5.29. The Morgan fingerprint density at radius 2 is 1.26 bits per heavy atom. The fraction of sp³-hybridized carbons (Fsp3) is 0.0698. The van der Waals surface area contributed by atoms with Crippen LogP contribution < -0.4 is 4.74 Å². The molecule has 5 nitrogen and oxygen atoms in total. The second-order valence-electron chi connectivity index (χ2n) is 13.3. The largest absolute Gasteiger partial charge is 2.00 e. The van der Waals surface area contributed by atoms with E-state index in [9.17, 15) is 0 Å². The van der Waals surface area contributed by atoms with Crippen molar-refractivity contribution < 1.29 is 25.8 Å². The van der Waals surface area contributed by atoms with Gasteiger partial charge in [0.15, 0.2) is 0 Å². The average molecular weight is 842 g/mol. The Morgan fingerprint density at radius 1 is 0.580 bits per heavy atom. The van der Waals surface area contributed by atoms with Gasteiger partial charge in [0.05, 0.1) is 5.52 Å². The summed E-state index contributed by atoms with van der Waals surface area (Å²) in [7, 11) is 0. The van der Waals surface area contributed by atoms with E-state index in [1.165, 1.54) is 42.2 Å². The van der Waals surface area contributed by atoms with Crippen LogP contribution in [0.4, 0.5) is 0 Å². The molecule has 7 heteroatoms. The topological polar surface area (TPSA) is 44.9 Å². The van der Waals surface area contributed by atoms with Crippen molar-refractivity contribution in [1.29, 1.82) is 0 Å². The minimum Gasteiger partial charge on any atom is -0.509 e. The van der Waals surface area contributed by atoms with E-state index in [1.807, 2.05) is 54.1 Å². The Labute approximate surface area is 305 Å². The zero-order valence-electron chi connectivity index (χ0n) is 27.0. The Balaban J connectivity index is 0.00000316. The molecule has 240 valence electrons. The predicted octanol–water partition coefficient (Wildman–Crippen LogP) is 11.1. The average Bonchev–Trinajstić information content (AvgIpc) is 3.78. The zero-order valence-corrected chi connectivity index (χ0v) is 30.1. The molecule has 0 saturated carbocycles. The first-order valence-electron chi connectivity index (χ1n) is 16.4. The van der Waals surface area contributed by atoms with Crippen LogP contribution in [0.25, 0.3) is 75.4 Å². The summed E-state index contributed by atoms with van der Waals surface area (Å²) in [6, 6.07) is 45.6. The summed E-state index contributed by atoms with van der Waals surface area (Å²) in [6.45, 7) is 4.56. The molecule has 0 saturated heterocycles. The van der Waals surface area contributed by atoms with Crippen molar-refractivity contribution in [3.05, 3.63) is 145 Å². The van der Waals surface area contributed by atoms with E-state index in [0.29, 0.717) is 11.5 Å². The van der Waals surface area contributed by atoms with Gasteiger partial charge in [0.2, 0.25) is 0 Å². The molecular weight excluding hydrogens is 816 g/mol. The van der Waals surface area contributed by atoms with Crippen LogP contribution in [-0.2, 0) is 26.5 Å². The molecule has 1 aliphatic rings. The van der Waals surface area contributed by atoms with E-state index in [-0.39, 0.29) is 26.5 Å². The van der Waals surface area contributed by atoms with Crippen molar-refractivity contribution in [2.45, 2.75) is 19.3 Å². The van der Waals surface area contributed by atoms with Crippen molar-refractivity contribution in [1.82, 2.24) is 19.1 Å². The molecule has 0 fully saturated rings. The number of para-hydroxylation sites is 1. The standard InChI is InChI=1S/C43H26N4OS.Pt/c1-43(2)32-11-7-10-29-27-17-15-26(24-35(27)47(40(29)32)42-33(43)12-8-22-45-42)48-25-16-18-28-30-19-20-37-39(31-9-3-4-13-36(31)49-37)41(30)46(34(28)23-25)38-14-5-6-21-44-38;/h3-22H,1-2H3;/q-2;+2. The van der Waals surface area contributed by atoms with Gasteiger partial charge in [0.1, 0.15) is 11.6 Å². The fourth-order valence-electron chi connectivity index (χ4n) is 8.07. The Kier molecular flexibility index (Phi) is 6.28. The number of aromatic nitrogens is 4. The first-order valence-corrected chi connectivity index (χ1v) is 17.2. The van der Waals surface area contributed by atoms with Gasteiger partial charge in [-0.05, 0) is 46.7 Å². The summed E-state index contributed by atoms with van der Waals surface area (Å²) in [5.74, 6) is 3.03. The molecule has 0 spiro atoms. The summed E-state index contributed by atoms with van der Waals surface area (Å²) in [5, 5.41) is 7.07. The van der Waals surface area contributed by atoms with Gasteiger partial charge in [0.25, 0.3) is 0 Å². The van der Waals surface area contributed by atoms with Gasteiger partial charge < -0.3 is 13.9 Å². The number of hydrogen-bond donors (Lipinski definition) is 0. The summed E-state index contributed by atoms with van der Waals surface area (Å²) in [4.78, 5) is 9.71. The summed E-state index contributed by atoms with van der Waals surface area (Å²) in [5.41, 5.74) is 6.49. The van der Waals surface area contributed by atoms with Crippen LogP contribution in [0.15, 0.2) is 122 Å². The van der Waals surface area contributed by atoms with Gasteiger partial charge >= 0.3 is 21.1 Å². The first-order chi connectivity index (χ1) is 24.1. The maximum Gasteiger partial charge on any atom is 2.00 e.